The number of hydrogen-bond donors (Lipinski definition) is 1. The lowest BCUT2D eigenvalue weighted by Gasteiger charge is -2.32. The summed E-state index contributed by atoms with van der Waals surface area (Å²) < 4.78 is 20.0. The molecule has 3 aromatic rings. The quantitative estimate of drug-likeness (QED) is 0.736. The SMILES string of the molecule is COc1ccc(NC(=O)N2CCC(n3cnc4cc(F)ccc4c3=O)CC2)cc1. The van der Waals surface area contributed by atoms with Gasteiger partial charge in [-0.1, -0.05) is 0 Å². The lowest BCUT2D eigenvalue weighted by Crippen LogP contribution is -2.42. The molecule has 1 aromatic heterocycles. The molecule has 150 valence electrons. The van der Waals surface area contributed by atoms with Gasteiger partial charge in [-0.25, -0.2) is 14.2 Å². The van der Waals surface area contributed by atoms with Gasteiger partial charge in [-0.05, 0) is 49.2 Å². The summed E-state index contributed by atoms with van der Waals surface area (Å²) in [4.78, 5) is 31.2. The van der Waals surface area contributed by atoms with Gasteiger partial charge in [0.05, 0.1) is 24.3 Å². The van der Waals surface area contributed by atoms with E-state index < -0.39 is 5.82 Å². The highest BCUT2D eigenvalue weighted by molar-refractivity contribution is 5.89. The molecule has 1 saturated heterocycles. The Morgan fingerprint density at radius 1 is 1.17 bits per heavy atom. The van der Waals surface area contributed by atoms with Crippen LogP contribution >= 0.6 is 0 Å². The summed E-state index contributed by atoms with van der Waals surface area (Å²) in [6.07, 6.45) is 2.76. The van der Waals surface area contributed by atoms with Crippen LogP contribution in [0.3, 0.4) is 0 Å². The van der Waals surface area contributed by atoms with E-state index in [0.29, 0.717) is 42.5 Å². The van der Waals surface area contributed by atoms with Gasteiger partial charge in [0, 0.05) is 30.9 Å². The minimum Gasteiger partial charge on any atom is -0.497 e. The zero-order chi connectivity index (χ0) is 20.4. The van der Waals surface area contributed by atoms with Crippen LogP contribution in [-0.2, 0) is 0 Å². The second-order valence-electron chi connectivity index (χ2n) is 7.00. The second-order valence-corrected chi connectivity index (χ2v) is 7.00. The van der Waals surface area contributed by atoms with Crippen molar-refractivity contribution in [2.24, 2.45) is 0 Å². The minimum atomic E-state index is -0.418. The van der Waals surface area contributed by atoms with E-state index in [9.17, 15) is 14.0 Å². The summed E-state index contributed by atoms with van der Waals surface area (Å²) in [6, 6.07) is 10.9. The third kappa shape index (κ3) is 3.91. The van der Waals surface area contributed by atoms with Crippen molar-refractivity contribution in [3.8, 4) is 5.75 Å². The molecule has 2 aromatic carbocycles. The van der Waals surface area contributed by atoms with Crippen LogP contribution in [0.5, 0.6) is 5.75 Å². The van der Waals surface area contributed by atoms with Crippen molar-refractivity contribution in [2.45, 2.75) is 18.9 Å². The van der Waals surface area contributed by atoms with Gasteiger partial charge in [-0.15, -0.1) is 0 Å². The lowest BCUT2D eigenvalue weighted by atomic mass is 10.0. The van der Waals surface area contributed by atoms with E-state index in [0.717, 1.165) is 5.75 Å². The highest BCUT2D eigenvalue weighted by Gasteiger charge is 2.25. The van der Waals surface area contributed by atoms with Gasteiger partial charge < -0.3 is 15.0 Å². The Morgan fingerprint density at radius 3 is 2.59 bits per heavy atom. The van der Waals surface area contributed by atoms with E-state index in [4.69, 9.17) is 4.74 Å². The first-order valence-electron chi connectivity index (χ1n) is 9.41. The molecule has 4 rings (SSSR count). The zero-order valence-corrected chi connectivity index (χ0v) is 16.0. The minimum absolute atomic E-state index is 0.0468. The predicted octanol–water partition coefficient (Wildman–Crippen LogP) is 3.41. The number of methoxy groups -OCH3 is 1. The van der Waals surface area contributed by atoms with Crippen LogP contribution in [0.1, 0.15) is 18.9 Å². The van der Waals surface area contributed by atoms with Crippen LogP contribution in [0.15, 0.2) is 53.6 Å². The van der Waals surface area contributed by atoms with E-state index in [1.54, 1.807) is 40.8 Å². The summed E-state index contributed by atoms with van der Waals surface area (Å²) in [5.41, 5.74) is 0.860. The fourth-order valence-electron chi connectivity index (χ4n) is 3.59. The largest absolute Gasteiger partial charge is 0.497 e. The average molecular weight is 396 g/mol. The Hall–Kier alpha value is -3.42. The van der Waals surface area contributed by atoms with E-state index >= 15 is 0 Å². The number of carbonyl (C=O) groups is 1. The molecule has 0 aliphatic carbocycles. The smallest absolute Gasteiger partial charge is 0.321 e. The Labute approximate surface area is 166 Å². The van der Waals surface area contributed by atoms with Crippen LogP contribution in [0.4, 0.5) is 14.9 Å². The molecule has 1 aliphatic heterocycles. The molecule has 0 unspecified atom stereocenters. The van der Waals surface area contributed by atoms with Gasteiger partial charge >= 0.3 is 6.03 Å². The Balaban J connectivity index is 1.42. The van der Waals surface area contributed by atoms with Crippen LogP contribution in [0.25, 0.3) is 10.9 Å². The number of fused-ring (bicyclic) bond motifs is 1. The third-order valence-electron chi connectivity index (χ3n) is 5.23. The first kappa shape index (κ1) is 18.9. The fraction of sp³-hybridized carbons (Fsp3) is 0.286. The molecule has 0 atom stereocenters. The summed E-state index contributed by atoms with van der Waals surface area (Å²) in [5.74, 6) is 0.305. The molecule has 2 heterocycles. The number of amides is 2. The molecule has 2 amide bonds. The van der Waals surface area contributed by atoms with Crippen molar-refractivity contribution < 1.29 is 13.9 Å². The number of likely N-dealkylation sites (tertiary alicyclic amines) is 1. The maximum absolute atomic E-state index is 13.3. The van der Waals surface area contributed by atoms with Gasteiger partial charge in [-0.2, -0.15) is 0 Å². The molecule has 0 saturated carbocycles. The molecular weight excluding hydrogens is 375 g/mol. The predicted molar refractivity (Wildman–Crippen MR) is 108 cm³/mol. The Morgan fingerprint density at radius 2 is 1.90 bits per heavy atom. The van der Waals surface area contributed by atoms with Crippen molar-refractivity contribution in [3.05, 3.63) is 65.0 Å². The van der Waals surface area contributed by atoms with E-state index in [1.165, 1.54) is 24.5 Å². The van der Waals surface area contributed by atoms with E-state index in [2.05, 4.69) is 10.3 Å². The number of rotatable bonds is 3. The number of halogens is 1. The standard InChI is InChI=1S/C21H21FN4O3/c1-29-17-5-3-15(4-6-17)24-21(28)25-10-8-16(9-11-25)26-13-23-19-12-14(22)2-7-18(19)20(26)27/h2-7,12-13,16H,8-11H2,1H3,(H,24,28). The molecule has 29 heavy (non-hydrogen) atoms. The van der Waals surface area contributed by atoms with E-state index in [-0.39, 0.29) is 17.6 Å². The Bertz CT molecular complexity index is 1090. The first-order valence-corrected chi connectivity index (χ1v) is 9.41. The van der Waals surface area contributed by atoms with Crippen LogP contribution in [-0.4, -0.2) is 40.7 Å². The fourth-order valence-corrected chi connectivity index (χ4v) is 3.59. The monoisotopic (exact) mass is 396 g/mol. The molecule has 0 spiro atoms. The van der Waals surface area contributed by atoms with Crippen LogP contribution in [0, 0.1) is 5.82 Å². The normalized spacial score (nSPS) is 14.8. The number of nitrogens with one attached hydrogen (secondary N) is 1. The highest BCUT2D eigenvalue weighted by Crippen LogP contribution is 2.23. The van der Waals surface area contributed by atoms with Crippen molar-refractivity contribution in [1.82, 2.24) is 14.5 Å². The third-order valence-corrected chi connectivity index (χ3v) is 5.23. The number of urea groups is 1. The van der Waals surface area contributed by atoms with Gasteiger partial charge in [0.15, 0.2) is 0 Å². The van der Waals surface area contributed by atoms with Crippen LogP contribution in [0.2, 0.25) is 0 Å². The lowest BCUT2D eigenvalue weighted by molar-refractivity contribution is 0.182. The number of benzene rings is 2. The maximum atomic E-state index is 13.3. The number of nitrogens with zero attached hydrogens (tertiary/aromatic N) is 3. The molecular formula is C21H21FN4O3. The highest BCUT2D eigenvalue weighted by atomic mass is 19.1. The summed E-state index contributed by atoms with van der Waals surface area (Å²) in [7, 11) is 1.59. The zero-order valence-electron chi connectivity index (χ0n) is 16.0. The first-order chi connectivity index (χ1) is 14.0. The molecule has 1 aliphatic rings. The topological polar surface area (TPSA) is 76.5 Å². The Kier molecular flexibility index (Phi) is 5.16. The second kappa shape index (κ2) is 7.90. The van der Waals surface area contributed by atoms with Gasteiger partial charge in [0.1, 0.15) is 11.6 Å². The van der Waals surface area contributed by atoms with Crippen molar-refractivity contribution >= 4 is 22.6 Å². The van der Waals surface area contributed by atoms with Crippen LogP contribution < -0.4 is 15.6 Å². The number of aromatic nitrogens is 2. The van der Waals surface area contributed by atoms with Gasteiger partial charge in [0.2, 0.25) is 0 Å². The van der Waals surface area contributed by atoms with E-state index in [1.807, 2.05) is 0 Å². The number of ether oxygens (including phenoxy) is 1. The number of piperidine rings is 1. The molecule has 1 N–H and O–H groups in total. The maximum Gasteiger partial charge on any atom is 0.321 e. The van der Waals surface area contributed by atoms with Crippen molar-refractivity contribution in [1.29, 1.82) is 0 Å². The molecule has 7 nitrogen and oxygen atoms in total. The number of carbonyl (C=O) groups excluding carboxylic acids is 1. The number of anilines is 1. The summed E-state index contributed by atoms with van der Waals surface area (Å²) in [5, 5.41) is 3.27. The molecule has 0 radical (unpaired) electrons. The summed E-state index contributed by atoms with van der Waals surface area (Å²) >= 11 is 0. The molecule has 0 bridgehead atoms. The molecule has 1 fully saturated rings. The number of hydrogen-bond acceptors (Lipinski definition) is 4. The average Bonchev–Trinajstić information content (AvgIpc) is 2.74. The van der Waals surface area contributed by atoms with Gasteiger partial charge in [0.25, 0.3) is 5.56 Å². The van der Waals surface area contributed by atoms with Crippen molar-refractivity contribution in [2.75, 3.05) is 25.5 Å². The molecule has 8 heteroatoms. The van der Waals surface area contributed by atoms with Crippen molar-refractivity contribution in [3.63, 3.8) is 0 Å². The summed E-state index contributed by atoms with van der Waals surface area (Å²) in [6.45, 7) is 1.06. The van der Waals surface area contributed by atoms with Gasteiger partial charge in [-0.3, -0.25) is 9.36 Å².